The highest BCUT2D eigenvalue weighted by Crippen LogP contribution is 2.33. The Bertz CT molecular complexity index is 1160. The molecule has 4 rings (SSSR count). The van der Waals surface area contributed by atoms with Gasteiger partial charge in [0, 0.05) is 4.88 Å². The molecule has 170 valence electrons. The fraction of sp³-hybridized carbons (Fsp3) is 0.381. The van der Waals surface area contributed by atoms with Crippen molar-refractivity contribution >= 4 is 39.0 Å². The van der Waals surface area contributed by atoms with Gasteiger partial charge in [0.05, 0.1) is 30.8 Å². The quantitative estimate of drug-likeness (QED) is 0.486. The Morgan fingerprint density at radius 3 is 2.66 bits per heavy atom. The number of fused-ring (bicyclic) bond motifs is 1. The van der Waals surface area contributed by atoms with Crippen LogP contribution in [0.1, 0.15) is 16.3 Å². The van der Waals surface area contributed by atoms with Crippen molar-refractivity contribution in [2.24, 2.45) is 0 Å². The minimum absolute atomic E-state index is 0.233. The normalized spacial score (nSPS) is 14.7. The summed E-state index contributed by atoms with van der Waals surface area (Å²) in [5.74, 6) is -3.84. The van der Waals surface area contributed by atoms with Gasteiger partial charge in [0.15, 0.2) is 23.3 Å². The van der Waals surface area contributed by atoms with E-state index in [4.69, 9.17) is 9.72 Å². The van der Waals surface area contributed by atoms with Crippen molar-refractivity contribution in [1.29, 1.82) is 0 Å². The number of hydrogen-bond donors (Lipinski definition) is 3. The number of ether oxygens (including phenoxy) is 1. The van der Waals surface area contributed by atoms with Gasteiger partial charge in [-0.2, -0.15) is 0 Å². The second kappa shape index (κ2) is 9.39. The summed E-state index contributed by atoms with van der Waals surface area (Å²) in [7, 11) is 0. The molecule has 1 saturated heterocycles. The molecule has 1 aliphatic rings. The van der Waals surface area contributed by atoms with E-state index < -0.39 is 29.0 Å². The Morgan fingerprint density at radius 1 is 1.16 bits per heavy atom. The smallest absolute Gasteiger partial charge is 0.243 e. The monoisotopic (exact) mass is 466 g/mol. The number of rotatable bonds is 6. The van der Waals surface area contributed by atoms with Gasteiger partial charge in [-0.3, -0.25) is 4.79 Å². The Balaban J connectivity index is 1.53. The maximum atomic E-state index is 13.8. The van der Waals surface area contributed by atoms with Gasteiger partial charge in [0.2, 0.25) is 5.91 Å². The van der Waals surface area contributed by atoms with Crippen LogP contribution in [0.15, 0.2) is 12.1 Å². The third-order valence-corrected chi connectivity index (χ3v) is 6.51. The Hall–Kier alpha value is -2.76. The van der Waals surface area contributed by atoms with Crippen LogP contribution in [0.4, 0.5) is 24.7 Å². The maximum Gasteiger partial charge on any atom is 0.243 e. The van der Waals surface area contributed by atoms with Crippen molar-refractivity contribution in [1.82, 2.24) is 9.97 Å². The molecular formula is C21H23F3N5O2S+. The number of aromatic nitrogens is 2. The summed E-state index contributed by atoms with van der Waals surface area (Å²) in [5.41, 5.74) is 0.590. The molecule has 32 heavy (non-hydrogen) atoms. The van der Waals surface area contributed by atoms with Gasteiger partial charge in [-0.15, -0.1) is 11.3 Å². The fourth-order valence-electron chi connectivity index (χ4n) is 3.54. The van der Waals surface area contributed by atoms with Gasteiger partial charge in [0.1, 0.15) is 30.3 Å². The van der Waals surface area contributed by atoms with E-state index in [1.165, 1.54) is 4.90 Å². The first kappa shape index (κ1) is 22.4. The number of quaternary nitrogens is 1. The van der Waals surface area contributed by atoms with Gasteiger partial charge in [-0.25, -0.2) is 23.1 Å². The average Bonchev–Trinajstić information content (AvgIpc) is 3.06. The fourth-order valence-corrected chi connectivity index (χ4v) is 4.59. The minimum Gasteiger partial charge on any atom is -0.370 e. The van der Waals surface area contributed by atoms with Gasteiger partial charge >= 0.3 is 0 Å². The third-order valence-electron chi connectivity index (χ3n) is 5.41. The molecule has 1 amide bonds. The van der Waals surface area contributed by atoms with E-state index in [0.29, 0.717) is 31.4 Å². The molecule has 0 unspecified atom stereocenters. The lowest BCUT2D eigenvalue weighted by atomic mass is 10.2. The molecule has 0 atom stereocenters. The van der Waals surface area contributed by atoms with Crippen LogP contribution in [0.3, 0.4) is 0 Å². The molecule has 7 nitrogen and oxygen atoms in total. The summed E-state index contributed by atoms with van der Waals surface area (Å²) in [6.07, 6.45) is 0. The first-order chi connectivity index (χ1) is 15.3. The van der Waals surface area contributed by atoms with Gasteiger partial charge in [0.25, 0.3) is 0 Å². The third kappa shape index (κ3) is 4.69. The van der Waals surface area contributed by atoms with Crippen LogP contribution in [0.5, 0.6) is 0 Å². The number of nitrogens with one attached hydrogen (secondary N) is 3. The number of halogens is 3. The summed E-state index contributed by atoms with van der Waals surface area (Å²) in [4.78, 5) is 25.0. The number of hydrogen-bond acceptors (Lipinski definition) is 6. The average molecular weight is 467 g/mol. The zero-order chi connectivity index (χ0) is 22.8. The molecule has 1 fully saturated rings. The lowest BCUT2D eigenvalue weighted by Gasteiger charge is -2.23. The number of thiophene rings is 1. The molecule has 0 radical (unpaired) electrons. The summed E-state index contributed by atoms with van der Waals surface area (Å²) in [5, 5.41) is 6.09. The van der Waals surface area contributed by atoms with Crippen molar-refractivity contribution in [2.45, 2.75) is 20.4 Å². The van der Waals surface area contributed by atoms with Crippen LogP contribution in [0.2, 0.25) is 0 Å². The summed E-state index contributed by atoms with van der Waals surface area (Å²) >= 11 is 1.56. The second-order valence-corrected chi connectivity index (χ2v) is 8.82. The molecule has 0 aliphatic carbocycles. The van der Waals surface area contributed by atoms with Gasteiger partial charge in [-0.1, -0.05) is 0 Å². The molecule has 0 bridgehead atoms. The molecule has 3 heterocycles. The van der Waals surface area contributed by atoms with E-state index in [9.17, 15) is 18.0 Å². The van der Waals surface area contributed by atoms with E-state index in [-0.39, 0.29) is 6.54 Å². The number of aryl methyl sites for hydroxylation is 2. The number of anilines is 2. The van der Waals surface area contributed by atoms with Crippen LogP contribution < -0.4 is 15.5 Å². The van der Waals surface area contributed by atoms with Crippen LogP contribution in [-0.2, 0) is 16.1 Å². The molecule has 3 aromatic rings. The number of carbonyl (C=O) groups is 1. The van der Waals surface area contributed by atoms with Crippen LogP contribution in [0.25, 0.3) is 10.2 Å². The SMILES string of the molecule is Cc1sc2nc(C[NH+]3CCOCC3)nc(NCC(=O)Nc3ccc(F)c(F)c3F)c2c1C. The summed E-state index contributed by atoms with van der Waals surface area (Å²) in [6, 6.07) is 1.73. The van der Waals surface area contributed by atoms with E-state index in [2.05, 4.69) is 15.6 Å². The first-order valence-corrected chi connectivity index (χ1v) is 11.0. The van der Waals surface area contributed by atoms with Crippen molar-refractivity contribution in [3.05, 3.63) is 45.8 Å². The number of carbonyl (C=O) groups excluding carboxylic acids is 1. The molecule has 11 heteroatoms. The van der Waals surface area contributed by atoms with Crippen LogP contribution >= 0.6 is 11.3 Å². The molecule has 3 N–H and O–H groups in total. The Kier molecular flexibility index (Phi) is 6.58. The lowest BCUT2D eigenvalue weighted by Crippen LogP contribution is -3.12. The Labute approximate surface area is 186 Å². The van der Waals surface area contributed by atoms with Crippen molar-refractivity contribution in [2.75, 3.05) is 43.5 Å². The highest BCUT2D eigenvalue weighted by atomic mass is 32.1. The molecule has 1 aliphatic heterocycles. The second-order valence-electron chi connectivity index (χ2n) is 7.62. The molecule has 0 saturated carbocycles. The topological polar surface area (TPSA) is 80.6 Å². The van der Waals surface area contributed by atoms with Crippen molar-refractivity contribution in [3.8, 4) is 0 Å². The van der Waals surface area contributed by atoms with Gasteiger partial charge < -0.3 is 20.3 Å². The molecular weight excluding hydrogens is 443 g/mol. The zero-order valence-corrected chi connectivity index (χ0v) is 18.5. The molecule has 1 aromatic carbocycles. The van der Waals surface area contributed by atoms with E-state index in [1.54, 1.807) is 11.3 Å². The molecule has 0 spiro atoms. The lowest BCUT2D eigenvalue weighted by molar-refractivity contribution is -0.922. The molecule has 2 aromatic heterocycles. The number of morpholine rings is 1. The highest BCUT2D eigenvalue weighted by Gasteiger charge is 2.20. The highest BCUT2D eigenvalue weighted by molar-refractivity contribution is 7.18. The van der Waals surface area contributed by atoms with Crippen molar-refractivity contribution in [3.63, 3.8) is 0 Å². The predicted octanol–water partition coefficient (Wildman–Crippen LogP) is 2.19. The van der Waals surface area contributed by atoms with E-state index in [0.717, 1.165) is 45.9 Å². The largest absolute Gasteiger partial charge is 0.370 e. The number of amides is 1. The number of nitrogens with zero attached hydrogens (tertiary/aromatic N) is 2. The van der Waals surface area contributed by atoms with Gasteiger partial charge in [-0.05, 0) is 31.5 Å². The summed E-state index contributed by atoms with van der Waals surface area (Å²) in [6.45, 7) is 7.49. The number of benzene rings is 1. The Morgan fingerprint density at radius 2 is 1.91 bits per heavy atom. The van der Waals surface area contributed by atoms with E-state index in [1.807, 2.05) is 13.8 Å². The minimum atomic E-state index is -1.63. The summed E-state index contributed by atoms with van der Waals surface area (Å²) < 4.78 is 45.8. The first-order valence-electron chi connectivity index (χ1n) is 10.2. The zero-order valence-electron chi connectivity index (χ0n) is 17.7. The maximum absolute atomic E-state index is 13.8. The van der Waals surface area contributed by atoms with Crippen molar-refractivity contribution < 1.29 is 27.6 Å². The predicted molar refractivity (Wildman–Crippen MR) is 116 cm³/mol. The van der Waals surface area contributed by atoms with E-state index >= 15 is 0 Å². The van der Waals surface area contributed by atoms with Crippen LogP contribution in [-0.4, -0.2) is 48.7 Å². The van der Waals surface area contributed by atoms with Crippen LogP contribution in [0, 0.1) is 31.3 Å². The standard InChI is InChI=1S/C21H22F3N5O2S/c1-11-12(2)32-21-17(11)20(27-15(28-21)10-29-5-7-31-8-6-29)25-9-16(30)26-14-4-3-13(22)18(23)19(14)24/h3-4H,5-10H2,1-2H3,(H,26,30)(H,25,27,28)/p+1.